The first kappa shape index (κ1) is 20.2. The number of nitrogens with one attached hydrogen (secondary N) is 1. The van der Waals surface area contributed by atoms with E-state index in [1.165, 1.54) is 12.3 Å². The van der Waals surface area contributed by atoms with Crippen LogP contribution in [0.2, 0.25) is 0 Å². The molecule has 1 aromatic carbocycles. The molecular formula is C21H21F3N6. The smallest absolute Gasteiger partial charge is 0.207 e. The summed E-state index contributed by atoms with van der Waals surface area (Å²) < 4.78 is 44.5. The summed E-state index contributed by atoms with van der Waals surface area (Å²) in [6.07, 6.45) is 0.766. The van der Waals surface area contributed by atoms with Gasteiger partial charge in [-0.25, -0.2) is 18.2 Å². The number of nitriles is 1. The Morgan fingerprint density at radius 3 is 2.77 bits per heavy atom. The van der Waals surface area contributed by atoms with E-state index in [0.29, 0.717) is 42.2 Å². The Morgan fingerprint density at radius 2 is 2.10 bits per heavy atom. The van der Waals surface area contributed by atoms with Crippen molar-refractivity contribution in [2.75, 3.05) is 25.0 Å². The molecule has 3 aromatic rings. The molecule has 9 heteroatoms. The van der Waals surface area contributed by atoms with Crippen molar-refractivity contribution in [2.45, 2.75) is 31.6 Å². The number of anilines is 1. The lowest BCUT2D eigenvalue weighted by Gasteiger charge is -2.36. The number of halogens is 3. The molecule has 0 unspecified atom stereocenters. The minimum atomic E-state index is -0.990. The van der Waals surface area contributed by atoms with E-state index in [0.717, 1.165) is 6.07 Å². The van der Waals surface area contributed by atoms with Gasteiger partial charge < -0.3 is 14.8 Å². The highest BCUT2D eigenvalue weighted by Crippen LogP contribution is 2.33. The lowest BCUT2D eigenvalue weighted by molar-refractivity contribution is 0.221. The second kappa shape index (κ2) is 7.95. The van der Waals surface area contributed by atoms with Gasteiger partial charge in [-0.2, -0.15) is 5.26 Å². The van der Waals surface area contributed by atoms with E-state index in [1.807, 2.05) is 17.9 Å². The first-order valence-electron chi connectivity index (χ1n) is 9.72. The number of rotatable bonds is 4. The summed E-state index contributed by atoms with van der Waals surface area (Å²) >= 11 is 0. The fraction of sp³-hybridized carbons (Fsp3) is 0.381. The topological polar surface area (TPSA) is 69.8 Å². The van der Waals surface area contributed by atoms with Crippen LogP contribution in [0.1, 0.15) is 30.6 Å². The summed E-state index contributed by atoms with van der Waals surface area (Å²) in [5.74, 6) is -1.03. The van der Waals surface area contributed by atoms with Crippen LogP contribution in [0.15, 0.2) is 30.5 Å². The minimum Gasteiger partial charge on any atom is -0.340 e. The van der Waals surface area contributed by atoms with Gasteiger partial charge in [0, 0.05) is 31.4 Å². The van der Waals surface area contributed by atoms with Crippen LogP contribution in [0.4, 0.5) is 19.1 Å². The molecule has 156 valence electrons. The molecule has 0 aliphatic carbocycles. The molecular weight excluding hydrogens is 393 g/mol. The second-order valence-corrected chi connectivity index (χ2v) is 7.44. The third kappa shape index (κ3) is 3.48. The predicted octanol–water partition coefficient (Wildman–Crippen LogP) is 3.33. The first-order chi connectivity index (χ1) is 14.4. The van der Waals surface area contributed by atoms with Crippen LogP contribution in [0.25, 0.3) is 11.0 Å². The van der Waals surface area contributed by atoms with E-state index >= 15 is 0 Å². The number of likely N-dealkylation sites (N-methyl/N-ethyl adjacent to an activating group) is 1. The lowest BCUT2D eigenvalue weighted by atomic mass is 10.0. The Balaban J connectivity index is 1.85. The number of imidazole rings is 1. The molecule has 1 fully saturated rings. The predicted molar refractivity (Wildman–Crippen MR) is 107 cm³/mol. The van der Waals surface area contributed by atoms with Crippen molar-refractivity contribution >= 4 is 17.0 Å². The van der Waals surface area contributed by atoms with Gasteiger partial charge in [0.25, 0.3) is 0 Å². The van der Waals surface area contributed by atoms with Crippen molar-refractivity contribution in [3.63, 3.8) is 0 Å². The van der Waals surface area contributed by atoms with E-state index < -0.39 is 29.9 Å². The zero-order valence-corrected chi connectivity index (χ0v) is 16.6. The molecule has 0 amide bonds. The van der Waals surface area contributed by atoms with E-state index in [-0.39, 0.29) is 5.52 Å². The molecule has 30 heavy (non-hydrogen) atoms. The Hall–Kier alpha value is -3.12. The molecule has 2 aromatic heterocycles. The molecule has 6 nitrogen and oxygen atoms in total. The fourth-order valence-electron chi connectivity index (χ4n) is 3.94. The molecule has 0 saturated carbocycles. The third-order valence-electron chi connectivity index (χ3n) is 5.61. The van der Waals surface area contributed by atoms with Crippen molar-refractivity contribution in [3.8, 4) is 6.07 Å². The molecule has 0 radical (unpaired) electrons. The normalized spacial score (nSPS) is 20.3. The molecule has 3 atom stereocenters. The van der Waals surface area contributed by atoms with Crippen molar-refractivity contribution in [2.24, 2.45) is 0 Å². The summed E-state index contributed by atoms with van der Waals surface area (Å²) in [5, 5.41) is 12.0. The second-order valence-electron chi connectivity index (χ2n) is 7.44. The zero-order valence-electron chi connectivity index (χ0n) is 16.6. The van der Waals surface area contributed by atoms with Crippen LogP contribution in [0.5, 0.6) is 0 Å². The Kier molecular flexibility index (Phi) is 5.35. The summed E-state index contributed by atoms with van der Waals surface area (Å²) in [7, 11) is 1.70. The van der Waals surface area contributed by atoms with E-state index in [9.17, 15) is 13.2 Å². The van der Waals surface area contributed by atoms with Crippen LogP contribution >= 0.6 is 0 Å². The number of aromatic nitrogens is 3. The largest absolute Gasteiger partial charge is 0.340 e. The maximum Gasteiger partial charge on any atom is 0.207 e. The van der Waals surface area contributed by atoms with Crippen LogP contribution in [0, 0.1) is 23.0 Å². The maximum atomic E-state index is 14.5. The Morgan fingerprint density at radius 1 is 1.30 bits per heavy atom. The molecule has 1 saturated heterocycles. The van der Waals surface area contributed by atoms with E-state index in [1.54, 1.807) is 23.7 Å². The van der Waals surface area contributed by atoms with Gasteiger partial charge >= 0.3 is 0 Å². The van der Waals surface area contributed by atoms with Crippen LogP contribution in [0.3, 0.4) is 0 Å². The maximum absolute atomic E-state index is 14.5. The van der Waals surface area contributed by atoms with Crippen molar-refractivity contribution in [1.29, 1.82) is 5.26 Å². The van der Waals surface area contributed by atoms with Crippen molar-refractivity contribution in [1.82, 2.24) is 19.9 Å². The van der Waals surface area contributed by atoms with Crippen LogP contribution < -0.4 is 10.2 Å². The average Bonchev–Trinajstić information content (AvgIpc) is 3.13. The fourth-order valence-corrected chi connectivity index (χ4v) is 3.94. The molecule has 1 aliphatic heterocycles. The van der Waals surface area contributed by atoms with Crippen molar-refractivity contribution < 1.29 is 13.2 Å². The monoisotopic (exact) mass is 414 g/mol. The van der Waals surface area contributed by atoms with E-state index in [2.05, 4.69) is 15.3 Å². The minimum absolute atomic E-state index is 0.0512. The molecule has 3 heterocycles. The number of pyridine rings is 1. The van der Waals surface area contributed by atoms with Crippen LogP contribution in [-0.4, -0.2) is 46.9 Å². The van der Waals surface area contributed by atoms with Gasteiger partial charge in [-0.05, 0) is 32.5 Å². The molecule has 4 rings (SSSR count). The van der Waals surface area contributed by atoms with Gasteiger partial charge in [0.2, 0.25) is 5.95 Å². The van der Waals surface area contributed by atoms with Gasteiger partial charge in [-0.1, -0.05) is 0 Å². The van der Waals surface area contributed by atoms with E-state index in [4.69, 9.17) is 5.26 Å². The molecule has 1 N–H and O–H groups in total. The zero-order chi connectivity index (χ0) is 21.4. The average molecular weight is 414 g/mol. The highest BCUT2D eigenvalue weighted by atomic mass is 19.1. The van der Waals surface area contributed by atoms with Gasteiger partial charge in [-0.15, -0.1) is 0 Å². The standard InChI is InChI=1S/C21H21F3N6/c1-12(17-4-3-13(9-25)10-27-17)30-19-8-14(22)7-16(24)20(19)28-21(30)29-6-5-15(23)18(11-29)26-2/h3-4,7-8,10,12,15,18,26H,5-6,11H2,1-2H3/t12-,15-,18-/m1/s1. The molecule has 1 aliphatic rings. The van der Waals surface area contributed by atoms with Crippen molar-refractivity contribution in [3.05, 3.63) is 53.4 Å². The Labute approximate surface area is 172 Å². The number of hydrogen-bond acceptors (Lipinski definition) is 5. The number of hydrogen-bond donors (Lipinski definition) is 1. The molecule has 0 spiro atoms. The SMILES string of the molecule is CN[C@@H]1CN(c2nc3c(F)cc(F)cc3n2[C@H](C)c2ccc(C#N)cn2)CC[C@H]1F. The van der Waals surface area contributed by atoms with Gasteiger partial charge in [0.15, 0.2) is 5.82 Å². The number of benzene rings is 1. The van der Waals surface area contributed by atoms with Crippen LogP contribution in [-0.2, 0) is 0 Å². The number of alkyl halides is 1. The summed E-state index contributed by atoms with van der Waals surface area (Å²) in [6.45, 7) is 2.60. The Bertz CT molecular complexity index is 1100. The summed E-state index contributed by atoms with van der Waals surface area (Å²) in [5.41, 5.74) is 1.38. The van der Waals surface area contributed by atoms with Gasteiger partial charge in [0.05, 0.1) is 28.9 Å². The highest BCUT2D eigenvalue weighted by molar-refractivity contribution is 5.80. The first-order valence-corrected chi connectivity index (χ1v) is 9.72. The van der Waals surface area contributed by atoms with Gasteiger partial charge in [-0.3, -0.25) is 4.98 Å². The third-order valence-corrected chi connectivity index (χ3v) is 5.61. The summed E-state index contributed by atoms with van der Waals surface area (Å²) in [4.78, 5) is 10.7. The molecule has 0 bridgehead atoms. The number of piperidine rings is 1. The number of nitrogens with zero attached hydrogens (tertiary/aromatic N) is 5. The highest BCUT2D eigenvalue weighted by Gasteiger charge is 2.32. The van der Waals surface area contributed by atoms with Gasteiger partial charge in [0.1, 0.15) is 23.6 Å². The number of fused-ring (bicyclic) bond motifs is 1. The quantitative estimate of drug-likeness (QED) is 0.709. The summed E-state index contributed by atoms with van der Waals surface area (Å²) in [6, 6.07) is 6.60. The lowest BCUT2D eigenvalue weighted by Crippen LogP contribution is -2.51.